The lowest BCUT2D eigenvalue weighted by atomic mass is 10.2. The number of aliphatic carboxylic acids is 1. The number of aromatic nitrogens is 3. The molecule has 0 unspecified atom stereocenters. The highest BCUT2D eigenvalue weighted by molar-refractivity contribution is 6.30. The highest BCUT2D eigenvalue weighted by atomic mass is 35.5. The molecule has 0 aromatic carbocycles. The Kier molecular flexibility index (Phi) is 3.48. The fourth-order valence-electron chi connectivity index (χ4n) is 1.47. The fourth-order valence-corrected chi connectivity index (χ4v) is 1.59. The number of halogens is 1. The molecule has 0 amide bonds. The highest BCUT2D eigenvalue weighted by Gasteiger charge is 2.13. The molecular formula is C11H9ClN4O3. The Labute approximate surface area is 112 Å². The van der Waals surface area contributed by atoms with Gasteiger partial charge in [-0.2, -0.15) is 0 Å². The van der Waals surface area contributed by atoms with Crippen LogP contribution in [0.25, 0.3) is 11.5 Å². The summed E-state index contributed by atoms with van der Waals surface area (Å²) in [5, 5.41) is 9.12. The maximum Gasteiger partial charge on any atom is 0.308 e. The zero-order chi connectivity index (χ0) is 14.0. The molecule has 0 bridgehead atoms. The van der Waals surface area contributed by atoms with Crippen LogP contribution in [0.15, 0.2) is 23.1 Å². The van der Waals surface area contributed by atoms with Crippen LogP contribution < -0.4 is 11.3 Å². The molecule has 2 heterocycles. The normalized spacial score (nSPS) is 10.4. The predicted octanol–water partition coefficient (Wildman–Crippen LogP) is 0.695. The molecule has 0 saturated heterocycles. The Balaban J connectivity index is 2.48. The van der Waals surface area contributed by atoms with E-state index in [-0.39, 0.29) is 17.2 Å². The second kappa shape index (κ2) is 5.07. The molecule has 0 aliphatic carbocycles. The zero-order valence-corrected chi connectivity index (χ0v) is 10.3. The van der Waals surface area contributed by atoms with Crippen molar-refractivity contribution in [2.45, 2.75) is 6.42 Å². The first-order valence-electron chi connectivity index (χ1n) is 5.19. The summed E-state index contributed by atoms with van der Waals surface area (Å²) in [5.41, 5.74) is 5.30. The lowest BCUT2D eigenvalue weighted by Gasteiger charge is -2.05. The largest absolute Gasteiger partial charge is 0.481 e. The molecule has 0 saturated carbocycles. The number of hydrogen-bond donors (Lipinski definition) is 3. The van der Waals surface area contributed by atoms with Crippen LogP contribution in [0, 0.1) is 0 Å². The van der Waals surface area contributed by atoms with Gasteiger partial charge in [-0.15, -0.1) is 0 Å². The van der Waals surface area contributed by atoms with Crippen LogP contribution in [0.1, 0.15) is 5.56 Å². The molecule has 0 aliphatic rings. The van der Waals surface area contributed by atoms with Crippen molar-refractivity contribution in [2.24, 2.45) is 0 Å². The smallest absolute Gasteiger partial charge is 0.308 e. The number of carboxylic acid groups (broad SMARTS) is 1. The van der Waals surface area contributed by atoms with E-state index in [0.717, 1.165) is 0 Å². The van der Waals surface area contributed by atoms with Crippen molar-refractivity contribution >= 4 is 23.4 Å². The molecule has 0 spiro atoms. The SMILES string of the molecule is Nc1nc(-c2ccc(Cl)cn2)[nH]c(=O)c1CC(=O)O. The van der Waals surface area contributed by atoms with E-state index in [2.05, 4.69) is 15.0 Å². The van der Waals surface area contributed by atoms with Gasteiger partial charge in [0, 0.05) is 6.20 Å². The number of nitrogens with one attached hydrogen (secondary N) is 1. The number of nitrogens with zero attached hydrogens (tertiary/aromatic N) is 2. The van der Waals surface area contributed by atoms with Crippen molar-refractivity contribution < 1.29 is 9.90 Å². The summed E-state index contributed by atoms with van der Waals surface area (Å²) in [6, 6.07) is 3.15. The predicted molar refractivity (Wildman–Crippen MR) is 68.9 cm³/mol. The first-order valence-corrected chi connectivity index (χ1v) is 5.57. The summed E-state index contributed by atoms with van der Waals surface area (Å²) in [6.07, 6.45) is 0.917. The minimum atomic E-state index is -1.16. The van der Waals surface area contributed by atoms with Crippen LogP contribution in [0.4, 0.5) is 5.82 Å². The summed E-state index contributed by atoms with van der Waals surface area (Å²) >= 11 is 5.70. The van der Waals surface area contributed by atoms with Gasteiger partial charge in [0.1, 0.15) is 11.5 Å². The summed E-state index contributed by atoms with van der Waals surface area (Å²) in [7, 11) is 0. The van der Waals surface area contributed by atoms with E-state index in [9.17, 15) is 9.59 Å². The summed E-state index contributed by atoms with van der Waals surface area (Å²) in [5.74, 6) is -1.12. The number of rotatable bonds is 3. The quantitative estimate of drug-likeness (QED) is 0.760. The molecule has 19 heavy (non-hydrogen) atoms. The van der Waals surface area contributed by atoms with Crippen molar-refractivity contribution in [3.05, 3.63) is 39.3 Å². The van der Waals surface area contributed by atoms with E-state index in [1.165, 1.54) is 6.20 Å². The zero-order valence-electron chi connectivity index (χ0n) is 9.55. The molecule has 0 fully saturated rings. The van der Waals surface area contributed by atoms with Crippen molar-refractivity contribution in [3.8, 4) is 11.5 Å². The highest BCUT2D eigenvalue weighted by Crippen LogP contribution is 2.15. The van der Waals surface area contributed by atoms with Crippen LogP contribution in [0.5, 0.6) is 0 Å². The Morgan fingerprint density at radius 2 is 2.21 bits per heavy atom. The maximum atomic E-state index is 11.7. The molecule has 8 heteroatoms. The van der Waals surface area contributed by atoms with Gasteiger partial charge in [0.25, 0.3) is 5.56 Å². The van der Waals surface area contributed by atoms with Gasteiger partial charge in [0.2, 0.25) is 0 Å². The minimum Gasteiger partial charge on any atom is -0.481 e. The Hall–Kier alpha value is -2.41. The molecule has 0 aliphatic heterocycles. The average Bonchev–Trinajstić information content (AvgIpc) is 2.34. The third kappa shape index (κ3) is 2.89. The van der Waals surface area contributed by atoms with E-state index in [4.69, 9.17) is 22.4 Å². The summed E-state index contributed by atoms with van der Waals surface area (Å²) in [6.45, 7) is 0. The Morgan fingerprint density at radius 1 is 1.47 bits per heavy atom. The average molecular weight is 281 g/mol. The number of carboxylic acids is 1. The first-order chi connectivity index (χ1) is 8.97. The van der Waals surface area contributed by atoms with E-state index in [1.807, 2.05) is 0 Å². The lowest BCUT2D eigenvalue weighted by Crippen LogP contribution is -2.21. The fraction of sp³-hybridized carbons (Fsp3) is 0.0909. The van der Waals surface area contributed by atoms with Crippen molar-refractivity contribution in [2.75, 3.05) is 5.73 Å². The Morgan fingerprint density at radius 3 is 2.74 bits per heavy atom. The summed E-state index contributed by atoms with van der Waals surface area (Å²) < 4.78 is 0. The van der Waals surface area contributed by atoms with E-state index in [1.54, 1.807) is 12.1 Å². The summed E-state index contributed by atoms with van der Waals surface area (Å²) in [4.78, 5) is 32.7. The standard InChI is InChI=1S/C11H9ClN4O3/c12-5-1-2-7(14-4-5)10-15-9(13)6(3-8(17)18)11(19)16-10/h1-2,4H,3H2,(H,17,18)(H3,13,15,16,19). The second-order valence-corrected chi connectivity index (χ2v) is 4.15. The molecular weight excluding hydrogens is 272 g/mol. The number of aromatic amines is 1. The van der Waals surface area contributed by atoms with Gasteiger partial charge < -0.3 is 15.8 Å². The number of nitrogens with two attached hydrogens (primary N) is 1. The van der Waals surface area contributed by atoms with E-state index < -0.39 is 17.9 Å². The number of hydrogen-bond acceptors (Lipinski definition) is 5. The van der Waals surface area contributed by atoms with Crippen molar-refractivity contribution in [1.82, 2.24) is 15.0 Å². The molecule has 4 N–H and O–H groups in total. The number of nitrogen functional groups attached to an aromatic ring is 1. The van der Waals surface area contributed by atoms with Gasteiger partial charge >= 0.3 is 5.97 Å². The topological polar surface area (TPSA) is 122 Å². The third-order valence-electron chi connectivity index (χ3n) is 2.35. The van der Waals surface area contributed by atoms with Gasteiger partial charge in [0.05, 0.1) is 17.0 Å². The molecule has 2 rings (SSSR count). The van der Waals surface area contributed by atoms with Gasteiger partial charge in [0.15, 0.2) is 5.82 Å². The number of pyridine rings is 1. The van der Waals surface area contributed by atoms with Crippen LogP contribution in [0.2, 0.25) is 5.02 Å². The monoisotopic (exact) mass is 280 g/mol. The second-order valence-electron chi connectivity index (χ2n) is 3.71. The number of carbonyl (C=O) groups is 1. The molecule has 7 nitrogen and oxygen atoms in total. The molecule has 2 aromatic heterocycles. The first kappa shape index (κ1) is 13.0. The van der Waals surface area contributed by atoms with E-state index >= 15 is 0 Å². The van der Waals surface area contributed by atoms with Gasteiger partial charge in [-0.25, -0.2) is 4.98 Å². The van der Waals surface area contributed by atoms with Gasteiger partial charge in [-0.1, -0.05) is 11.6 Å². The number of anilines is 1. The maximum absolute atomic E-state index is 11.7. The molecule has 98 valence electrons. The molecule has 0 atom stereocenters. The van der Waals surface area contributed by atoms with Crippen LogP contribution in [-0.4, -0.2) is 26.0 Å². The third-order valence-corrected chi connectivity index (χ3v) is 2.57. The van der Waals surface area contributed by atoms with Crippen LogP contribution in [0.3, 0.4) is 0 Å². The van der Waals surface area contributed by atoms with E-state index in [0.29, 0.717) is 10.7 Å². The van der Waals surface area contributed by atoms with Gasteiger partial charge in [-0.05, 0) is 12.1 Å². The lowest BCUT2D eigenvalue weighted by molar-refractivity contribution is -0.136. The van der Waals surface area contributed by atoms with Crippen molar-refractivity contribution in [3.63, 3.8) is 0 Å². The number of H-pyrrole nitrogens is 1. The molecule has 2 aromatic rings. The Bertz CT molecular complexity index is 681. The van der Waals surface area contributed by atoms with Crippen molar-refractivity contribution in [1.29, 1.82) is 0 Å². The molecule has 0 radical (unpaired) electrons. The van der Waals surface area contributed by atoms with Crippen LogP contribution >= 0.6 is 11.6 Å². The minimum absolute atomic E-state index is 0.0785. The van der Waals surface area contributed by atoms with Crippen LogP contribution in [-0.2, 0) is 11.2 Å². The van der Waals surface area contributed by atoms with Gasteiger partial charge in [-0.3, -0.25) is 14.6 Å².